The number of hydrogen-bond acceptors (Lipinski definition) is 5. The van der Waals surface area contributed by atoms with E-state index in [0.717, 1.165) is 71.7 Å². The summed E-state index contributed by atoms with van der Waals surface area (Å²) in [5.41, 5.74) is 8.11. The lowest BCUT2D eigenvalue weighted by Crippen LogP contribution is -2.01. The Hall–Kier alpha value is -7.63. The Bertz CT molecular complexity index is 3430. The lowest BCUT2D eigenvalue weighted by molar-refractivity contribution is 0.668. The van der Waals surface area contributed by atoms with Crippen LogP contribution in [0.4, 0.5) is 0 Å². The second-order valence-electron chi connectivity index (χ2n) is 14.3. The Morgan fingerprint density at radius 2 is 0.786 bits per heavy atom. The number of fused-ring (bicyclic) bond motifs is 11. The number of nitrogens with zero attached hydrogens (tertiary/aromatic N) is 3. The van der Waals surface area contributed by atoms with Gasteiger partial charge in [-0.2, -0.15) is 0 Å². The first-order valence-electron chi connectivity index (χ1n) is 18.8. The van der Waals surface area contributed by atoms with Crippen LogP contribution in [0.1, 0.15) is 0 Å². The predicted octanol–water partition coefficient (Wildman–Crippen LogP) is 13.8. The molecule has 12 aromatic rings. The smallest absolute Gasteiger partial charge is 0.164 e. The summed E-state index contributed by atoms with van der Waals surface area (Å²) >= 11 is 0. The van der Waals surface area contributed by atoms with Crippen LogP contribution in [0.15, 0.2) is 185 Å². The van der Waals surface area contributed by atoms with Gasteiger partial charge in [0, 0.05) is 38.2 Å². The van der Waals surface area contributed by atoms with Gasteiger partial charge in [-0.1, -0.05) is 146 Å². The fourth-order valence-electron chi connectivity index (χ4n) is 8.61. The third-order valence-corrected chi connectivity index (χ3v) is 11.1. The highest BCUT2D eigenvalue weighted by molar-refractivity contribution is 6.21. The number of aromatic nitrogens is 3. The second-order valence-corrected chi connectivity index (χ2v) is 14.3. The molecular formula is C51H29N3O2. The van der Waals surface area contributed by atoms with Gasteiger partial charge in [0.2, 0.25) is 0 Å². The number of furan rings is 2. The van der Waals surface area contributed by atoms with Crippen molar-refractivity contribution in [2.75, 3.05) is 0 Å². The molecular weight excluding hydrogens is 687 g/mol. The lowest BCUT2D eigenvalue weighted by atomic mass is 9.91. The monoisotopic (exact) mass is 715 g/mol. The summed E-state index contributed by atoms with van der Waals surface area (Å²) in [6, 6.07) is 61.1. The molecule has 9 aromatic carbocycles. The highest BCUT2D eigenvalue weighted by atomic mass is 16.3. The third-order valence-electron chi connectivity index (χ3n) is 11.1. The fraction of sp³-hybridized carbons (Fsp3) is 0. The van der Waals surface area contributed by atoms with Gasteiger partial charge in [-0.25, -0.2) is 15.0 Å². The molecule has 0 atom stereocenters. The second kappa shape index (κ2) is 11.9. The van der Waals surface area contributed by atoms with Gasteiger partial charge in [0.15, 0.2) is 17.5 Å². The van der Waals surface area contributed by atoms with E-state index >= 15 is 0 Å². The van der Waals surface area contributed by atoms with Crippen molar-refractivity contribution in [2.45, 2.75) is 0 Å². The average molecular weight is 716 g/mol. The molecule has 260 valence electrons. The van der Waals surface area contributed by atoms with Gasteiger partial charge in [0.1, 0.15) is 22.3 Å². The minimum atomic E-state index is 0.570. The molecule has 0 saturated heterocycles. The van der Waals surface area contributed by atoms with E-state index in [1.165, 1.54) is 32.3 Å². The molecule has 3 heterocycles. The van der Waals surface area contributed by atoms with Crippen LogP contribution in [0.3, 0.4) is 0 Å². The normalized spacial score (nSPS) is 11.9. The van der Waals surface area contributed by atoms with E-state index in [2.05, 4.69) is 115 Å². The molecule has 0 aliphatic carbocycles. The van der Waals surface area contributed by atoms with Crippen molar-refractivity contribution in [2.24, 2.45) is 0 Å². The summed E-state index contributed by atoms with van der Waals surface area (Å²) < 4.78 is 12.6. The Morgan fingerprint density at radius 3 is 1.50 bits per heavy atom. The van der Waals surface area contributed by atoms with Crippen LogP contribution in [0.25, 0.3) is 121 Å². The first kappa shape index (κ1) is 30.8. The fourth-order valence-corrected chi connectivity index (χ4v) is 8.61. The molecule has 0 fully saturated rings. The molecule has 0 aliphatic heterocycles. The van der Waals surface area contributed by atoms with E-state index in [4.69, 9.17) is 23.8 Å². The summed E-state index contributed by atoms with van der Waals surface area (Å²) in [7, 11) is 0. The molecule has 12 rings (SSSR count). The van der Waals surface area contributed by atoms with E-state index in [-0.39, 0.29) is 0 Å². The first-order valence-corrected chi connectivity index (χ1v) is 18.8. The average Bonchev–Trinajstić information content (AvgIpc) is 3.85. The molecule has 0 amide bonds. The first-order chi connectivity index (χ1) is 27.7. The number of para-hydroxylation sites is 2. The van der Waals surface area contributed by atoms with Gasteiger partial charge in [0.25, 0.3) is 0 Å². The van der Waals surface area contributed by atoms with Gasteiger partial charge in [-0.05, 0) is 73.8 Å². The Labute approximate surface area is 320 Å². The molecule has 0 aliphatic rings. The van der Waals surface area contributed by atoms with Crippen LogP contribution in [0.5, 0.6) is 0 Å². The van der Waals surface area contributed by atoms with Crippen LogP contribution in [0, 0.1) is 0 Å². The third kappa shape index (κ3) is 4.64. The summed E-state index contributed by atoms with van der Waals surface area (Å²) in [5, 5.41) is 11.4. The van der Waals surface area contributed by atoms with Crippen molar-refractivity contribution >= 4 is 76.2 Å². The van der Waals surface area contributed by atoms with Crippen molar-refractivity contribution in [3.05, 3.63) is 176 Å². The van der Waals surface area contributed by atoms with Crippen LogP contribution in [-0.2, 0) is 0 Å². The Balaban J connectivity index is 1.11. The van der Waals surface area contributed by atoms with Crippen LogP contribution in [0.2, 0.25) is 0 Å². The van der Waals surface area contributed by atoms with Gasteiger partial charge in [-0.3, -0.25) is 0 Å². The van der Waals surface area contributed by atoms with E-state index in [0.29, 0.717) is 17.5 Å². The van der Waals surface area contributed by atoms with Gasteiger partial charge in [0.05, 0.1) is 0 Å². The molecule has 5 nitrogen and oxygen atoms in total. The van der Waals surface area contributed by atoms with Crippen molar-refractivity contribution in [3.63, 3.8) is 0 Å². The molecule has 3 aromatic heterocycles. The predicted molar refractivity (Wildman–Crippen MR) is 229 cm³/mol. The minimum absolute atomic E-state index is 0.570. The van der Waals surface area contributed by atoms with Crippen molar-refractivity contribution in [3.8, 4) is 45.3 Å². The quantitative estimate of drug-likeness (QED) is 0.170. The van der Waals surface area contributed by atoms with Crippen molar-refractivity contribution < 1.29 is 8.83 Å². The van der Waals surface area contributed by atoms with Crippen LogP contribution in [-0.4, -0.2) is 15.0 Å². The largest absolute Gasteiger partial charge is 0.456 e. The van der Waals surface area contributed by atoms with E-state index in [9.17, 15) is 0 Å². The summed E-state index contributed by atoms with van der Waals surface area (Å²) in [6.45, 7) is 0. The maximum absolute atomic E-state index is 6.31. The summed E-state index contributed by atoms with van der Waals surface area (Å²) in [5.74, 6) is 1.72. The highest BCUT2D eigenvalue weighted by Gasteiger charge is 2.21. The molecule has 0 spiro atoms. The maximum atomic E-state index is 6.31. The highest BCUT2D eigenvalue weighted by Crippen LogP contribution is 2.41. The molecule has 0 unspecified atom stereocenters. The lowest BCUT2D eigenvalue weighted by Gasteiger charge is -2.13. The summed E-state index contributed by atoms with van der Waals surface area (Å²) in [6.07, 6.45) is 0. The van der Waals surface area contributed by atoms with Gasteiger partial charge >= 0.3 is 0 Å². The zero-order valence-electron chi connectivity index (χ0n) is 29.9. The van der Waals surface area contributed by atoms with Crippen LogP contribution >= 0.6 is 0 Å². The number of hydrogen-bond donors (Lipinski definition) is 0. The van der Waals surface area contributed by atoms with E-state index in [1.54, 1.807) is 0 Å². The number of rotatable bonds is 4. The molecule has 56 heavy (non-hydrogen) atoms. The van der Waals surface area contributed by atoms with E-state index in [1.807, 2.05) is 60.7 Å². The molecule has 0 radical (unpaired) electrons. The maximum Gasteiger partial charge on any atom is 0.164 e. The minimum Gasteiger partial charge on any atom is -0.456 e. The number of benzene rings is 9. The Kier molecular flexibility index (Phi) is 6.56. The molecule has 0 bridgehead atoms. The van der Waals surface area contributed by atoms with E-state index < -0.39 is 0 Å². The zero-order valence-corrected chi connectivity index (χ0v) is 29.9. The standard InChI is InChI=1S/C51H29N3O2/c1-2-15-34-30(11-1)25-28-37-36(34)27-26-31-12-8-18-35(46(31)37)32-13-7-14-33(29-32)49-52-50(40-19-9-23-44-47(40)38-16-3-5-21-42(38)55-44)54-51(53-49)41-20-10-24-45-48(41)39-17-4-6-22-43(39)56-45/h1-29H. The van der Waals surface area contributed by atoms with Gasteiger partial charge < -0.3 is 8.83 Å². The molecule has 0 N–H and O–H groups in total. The van der Waals surface area contributed by atoms with Crippen LogP contribution < -0.4 is 0 Å². The SMILES string of the molecule is c1cc(-c2nc(-c3cccc4oc5ccccc5c34)nc(-c3cccc4oc5ccccc5c34)n2)cc(-c2cccc3ccc4c5ccccc5ccc4c23)c1. The molecule has 5 heteroatoms. The van der Waals surface area contributed by atoms with Crippen molar-refractivity contribution in [1.82, 2.24) is 15.0 Å². The molecule has 0 saturated carbocycles. The summed E-state index contributed by atoms with van der Waals surface area (Å²) in [4.78, 5) is 15.8. The zero-order chi connectivity index (χ0) is 36.7. The van der Waals surface area contributed by atoms with Gasteiger partial charge in [-0.15, -0.1) is 0 Å². The topological polar surface area (TPSA) is 65.0 Å². The Morgan fingerprint density at radius 1 is 0.286 bits per heavy atom. The van der Waals surface area contributed by atoms with Crippen molar-refractivity contribution in [1.29, 1.82) is 0 Å².